The summed E-state index contributed by atoms with van der Waals surface area (Å²) >= 11 is 0. The molecule has 3 rings (SSSR count). The van der Waals surface area contributed by atoms with Gasteiger partial charge in [0.15, 0.2) is 6.61 Å². The van der Waals surface area contributed by atoms with Crippen molar-refractivity contribution in [2.75, 3.05) is 52.5 Å². The Bertz CT molecular complexity index is 579. The van der Waals surface area contributed by atoms with E-state index in [0.29, 0.717) is 45.0 Å². The third-order valence-corrected chi connectivity index (χ3v) is 4.46. The number of amides is 1. The third kappa shape index (κ3) is 4.43. The highest BCUT2D eigenvalue weighted by molar-refractivity contribution is 5.78. The lowest BCUT2D eigenvalue weighted by Gasteiger charge is -2.33. The number of morpholine rings is 1. The smallest absolute Gasteiger partial charge is 0.260 e. The number of benzene rings is 1. The number of hydrogen-bond acceptors (Lipinski definition) is 5. The largest absolute Gasteiger partial charge is 0.484 e. The molecule has 2 heterocycles. The zero-order valence-electron chi connectivity index (χ0n) is 13.6. The predicted molar refractivity (Wildman–Crippen MR) is 85.3 cm³/mol. The van der Waals surface area contributed by atoms with Crippen LogP contribution in [-0.4, -0.2) is 79.0 Å². The van der Waals surface area contributed by atoms with Crippen LogP contribution in [0.2, 0.25) is 0 Å². The molecule has 0 bridgehead atoms. The van der Waals surface area contributed by atoms with Crippen LogP contribution in [0.1, 0.15) is 6.42 Å². The molecular weight excluding hydrogens is 315 g/mol. The van der Waals surface area contributed by atoms with Crippen LogP contribution < -0.4 is 4.74 Å². The van der Waals surface area contributed by atoms with Crippen molar-refractivity contribution in [2.45, 2.75) is 12.0 Å². The van der Waals surface area contributed by atoms with Crippen LogP contribution in [0.15, 0.2) is 24.3 Å². The molecule has 0 radical (unpaired) electrons. The second-order valence-electron chi connectivity index (χ2n) is 6.42. The van der Waals surface area contributed by atoms with Crippen molar-refractivity contribution in [1.29, 1.82) is 0 Å². The topological polar surface area (TPSA) is 62.2 Å². The SMILES string of the molecule is O=C(COc1cccc(F)c1)N1CC[C@](O)(CN2CCOCC2)C1. The van der Waals surface area contributed by atoms with Gasteiger partial charge < -0.3 is 19.5 Å². The van der Waals surface area contributed by atoms with Gasteiger partial charge in [0.05, 0.1) is 25.4 Å². The Morgan fingerprint density at radius 3 is 2.88 bits per heavy atom. The Morgan fingerprint density at radius 1 is 1.33 bits per heavy atom. The van der Waals surface area contributed by atoms with Gasteiger partial charge in [-0.3, -0.25) is 9.69 Å². The Hall–Kier alpha value is -1.70. The summed E-state index contributed by atoms with van der Waals surface area (Å²) in [5.41, 5.74) is -0.883. The van der Waals surface area contributed by atoms with E-state index in [1.54, 1.807) is 11.0 Å². The highest BCUT2D eigenvalue weighted by Crippen LogP contribution is 2.23. The number of nitrogens with zero attached hydrogens (tertiary/aromatic N) is 2. The molecule has 0 aromatic heterocycles. The zero-order chi connectivity index (χ0) is 17.0. The summed E-state index contributed by atoms with van der Waals surface area (Å²) < 4.78 is 23.7. The first-order valence-corrected chi connectivity index (χ1v) is 8.23. The Balaban J connectivity index is 1.48. The fourth-order valence-corrected chi connectivity index (χ4v) is 3.17. The Kier molecular flexibility index (Phi) is 5.33. The van der Waals surface area contributed by atoms with Crippen molar-refractivity contribution in [2.24, 2.45) is 0 Å². The van der Waals surface area contributed by atoms with Crippen LogP contribution in [0.4, 0.5) is 4.39 Å². The standard InChI is InChI=1S/C17H23FN2O4/c18-14-2-1-3-15(10-14)24-11-16(21)20-5-4-17(22,13-20)12-19-6-8-23-9-7-19/h1-3,10,22H,4-9,11-13H2/t17-/m0/s1. The van der Waals surface area contributed by atoms with Gasteiger partial charge in [0.2, 0.25) is 0 Å². The average molecular weight is 338 g/mol. The van der Waals surface area contributed by atoms with Gasteiger partial charge in [-0.15, -0.1) is 0 Å². The summed E-state index contributed by atoms with van der Waals surface area (Å²) in [5, 5.41) is 10.7. The summed E-state index contributed by atoms with van der Waals surface area (Å²) in [7, 11) is 0. The first-order valence-electron chi connectivity index (χ1n) is 8.23. The predicted octanol–water partition coefficient (Wildman–Crippen LogP) is 0.500. The number of rotatable bonds is 5. The molecule has 132 valence electrons. The van der Waals surface area contributed by atoms with E-state index in [1.165, 1.54) is 18.2 Å². The summed E-state index contributed by atoms with van der Waals surface area (Å²) in [6, 6.07) is 5.70. The molecule has 0 unspecified atom stereocenters. The normalized spacial score (nSPS) is 25.0. The lowest BCUT2D eigenvalue weighted by Crippen LogP contribution is -2.49. The van der Waals surface area contributed by atoms with Crippen LogP contribution >= 0.6 is 0 Å². The maximum absolute atomic E-state index is 13.1. The van der Waals surface area contributed by atoms with Crippen molar-refractivity contribution in [3.8, 4) is 5.75 Å². The van der Waals surface area contributed by atoms with E-state index in [-0.39, 0.29) is 12.5 Å². The van der Waals surface area contributed by atoms with Gasteiger partial charge in [0.1, 0.15) is 11.6 Å². The quantitative estimate of drug-likeness (QED) is 0.847. The van der Waals surface area contributed by atoms with Gasteiger partial charge in [-0.2, -0.15) is 0 Å². The number of ether oxygens (including phenoxy) is 2. The molecule has 0 spiro atoms. The highest BCUT2D eigenvalue weighted by Gasteiger charge is 2.39. The third-order valence-electron chi connectivity index (χ3n) is 4.46. The number of likely N-dealkylation sites (tertiary alicyclic amines) is 1. The van der Waals surface area contributed by atoms with Crippen LogP contribution in [0.25, 0.3) is 0 Å². The van der Waals surface area contributed by atoms with Crippen LogP contribution in [0.3, 0.4) is 0 Å². The summed E-state index contributed by atoms with van der Waals surface area (Å²) in [4.78, 5) is 16.0. The van der Waals surface area contributed by atoms with Crippen LogP contribution in [0, 0.1) is 5.82 Å². The molecular formula is C17H23FN2O4. The molecule has 6 nitrogen and oxygen atoms in total. The lowest BCUT2D eigenvalue weighted by atomic mass is 10.0. The van der Waals surface area contributed by atoms with E-state index in [2.05, 4.69) is 4.90 Å². The first kappa shape index (κ1) is 17.1. The highest BCUT2D eigenvalue weighted by atomic mass is 19.1. The van der Waals surface area contributed by atoms with Crippen molar-refractivity contribution in [3.05, 3.63) is 30.1 Å². The molecule has 1 amide bonds. The minimum atomic E-state index is -0.883. The molecule has 1 N–H and O–H groups in total. The minimum absolute atomic E-state index is 0.156. The van der Waals surface area contributed by atoms with E-state index < -0.39 is 11.4 Å². The van der Waals surface area contributed by atoms with Gasteiger partial charge in [-0.1, -0.05) is 6.07 Å². The van der Waals surface area contributed by atoms with Gasteiger partial charge >= 0.3 is 0 Å². The second kappa shape index (κ2) is 7.46. The molecule has 1 aromatic carbocycles. The van der Waals surface area contributed by atoms with E-state index >= 15 is 0 Å². The van der Waals surface area contributed by atoms with Gasteiger partial charge in [0, 0.05) is 32.2 Å². The average Bonchev–Trinajstić information content (AvgIpc) is 2.96. The minimum Gasteiger partial charge on any atom is -0.484 e. The van der Waals surface area contributed by atoms with Crippen LogP contribution in [-0.2, 0) is 9.53 Å². The van der Waals surface area contributed by atoms with Crippen molar-refractivity contribution < 1.29 is 23.8 Å². The fraction of sp³-hybridized carbons (Fsp3) is 0.588. The van der Waals surface area contributed by atoms with Crippen molar-refractivity contribution in [1.82, 2.24) is 9.80 Å². The summed E-state index contributed by atoms with van der Waals surface area (Å²) in [5.74, 6) is -0.274. The molecule has 2 fully saturated rings. The zero-order valence-corrected chi connectivity index (χ0v) is 13.6. The molecule has 7 heteroatoms. The maximum atomic E-state index is 13.1. The van der Waals surface area contributed by atoms with E-state index in [1.807, 2.05) is 0 Å². The number of carbonyl (C=O) groups excluding carboxylic acids is 1. The molecule has 0 aliphatic carbocycles. The lowest BCUT2D eigenvalue weighted by molar-refractivity contribution is -0.133. The Morgan fingerprint density at radius 2 is 2.12 bits per heavy atom. The molecule has 1 aromatic rings. The van der Waals surface area contributed by atoms with Gasteiger partial charge in [0.25, 0.3) is 5.91 Å². The molecule has 2 aliphatic rings. The number of aliphatic hydroxyl groups is 1. The number of halogens is 1. The van der Waals surface area contributed by atoms with Crippen molar-refractivity contribution in [3.63, 3.8) is 0 Å². The fourth-order valence-electron chi connectivity index (χ4n) is 3.17. The van der Waals surface area contributed by atoms with E-state index in [0.717, 1.165) is 13.1 Å². The monoisotopic (exact) mass is 338 g/mol. The van der Waals surface area contributed by atoms with Crippen LogP contribution in [0.5, 0.6) is 5.75 Å². The molecule has 24 heavy (non-hydrogen) atoms. The molecule has 2 saturated heterocycles. The first-order chi connectivity index (χ1) is 11.5. The number of β-amino-alcohol motifs (C(OH)–C–C–N with tert-alkyl or cyclic N) is 1. The van der Waals surface area contributed by atoms with E-state index in [9.17, 15) is 14.3 Å². The Labute approximate surface area is 140 Å². The molecule has 2 aliphatic heterocycles. The van der Waals surface area contributed by atoms with E-state index in [4.69, 9.17) is 9.47 Å². The second-order valence-corrected chi connectivity index (χ2v) is 6.42. The maximum Gasteiger partial charge on any atom is 0.260 e. The van der Waals surface area contributed by atoms with Gasteiger partial charge in [-0.25, -0.2) is 4.39 Å². The van der Waals surface area contributed by atoms with Gasteiger partial charge in [-0.05, 0) is 18.6 Å². The summed E-state index contributed by atoms with van der Waals surface area (Å²) in [6.45, 7) is 4.17. The molecule has 0 saturated carbocycles. The number of carbonyl (C=O) groups is 1. The van der Waals surface area contributed by atoms with Crippen molar-refractivity contribution >= 4 is 5.91 Å². The molecule has 1 atom stereocenters. The summed E-state index contributed by atoms with van der Waals surface area (Å²) in [6.07, 6.45) is 0.552. The number of hydrogen-bond donors (Lipinski definition) is 1.